The van der Waals surface area contributed by atoms with E-state index in [1.807, 2.05) is 4.90 Å². The van der Waals surface area contributed by atoms with Gasteiger partial charge >= 0.3 is 0 Å². The van der Waals surface area contributed by atoms with Crippen molar-refractivity contribution in [2.75, 3.05) is 27.3 Å². The van der Waals surface area contributed by atoms with E-state index in [1.165, 1.54) is 0 Å². The third-order valence-corrected chi connectivity index (χ3v) is 3.63. The highest BCUT2D eigenvalue weighted by molar-refractivity contribution is 5.83. The number of rotatable bonds is 5. The third-order valence-electron chi connectivity index (χ3n) is 3.63. The maximum atomic E-state index is 12.2. The van der Waals surface area contributed by atoms with Crippen molar-refractivity contribution in [3.63, 3.8) is 0 Å². The molecule has 1 N–H and O–H groups in total. The number of nitrogens with zero attached hydrogens (tertiary/aromatic N) is 2. The van der Waals surface area contributed by atoms with Gasteiger partial charge in [0, 0.05) is 12.1 Å². The molecule has 0 aliphatic carbocycles. The lowest BCUT2D eigenvalue weighted by molar-refractivity contribution is -0.130. The predicted octanol–water partition coefficient (Wildman–Crippen LogP) is 1.13. The van der Waals surface area contributed by atoms with Crippen LogP contribution in [0.25, 0.3) is 0 Å². The number of hydrogen-bond acceptors (Lipinski definition) is 3. The average Bonchev–Trinajstić information content (AvgIpc) is 2.48. The van der Waals surface area contributed by atoms with Crippen molar-refractivity contribution < 1.29 is 4.79 Å². The summed E-state index contributed by atoms with van der Waals surface area (Å²) in [6.07, 6.45) is 0.928. The Morgan fingerprint density at radius 1 is 1.47 bits per heavy atom. The summed E-state index contributed by atoms with van der Waals surface area (Å²) in [5.74, 6) is 0.812. The number of likely N-dealkylation sites (N-methyl/N-ethyl adjacent to an activating group) is 1. The smallest absolute Gasteiger partial charge is 0.240 e. The summed E-state index contributed by atoms with van der Waals surface area (Å²) in [5, 5.41) is 3.31. The number of carbonyl (C=O) groups is 1. The highest BCUT2D eigenvalue weighted by Crippen LogP contribution is 2.17. The molecule has 1 fully saturated rings. The van der Waals surface area contributed by atoms with Gasteiger partial charge in [-0.3, -0.25) is 10.1 Å². The van der Waals surface area contributed by atoms with Crippen LogP contribution in [-0.2, 0) is 4.79 Å². The predicted molar refractivity (Wildman–Crippen MR) is 70.7 cm³/mol. The van der Waals surface area contributed by atoms with Crippen LogP contribution in [0.5, 0.6) is 0 Å². The average molecular weight is 241 g/mol. The van der Waals surface area contributed by atoms with Crippen molar-refractivity contribution >= 4 is 5.91 Å². The summed E-state index contributed by atoms with van der Waals surface area (Å²) < 4.78 is 0. The van der Waals surface area contributed by atoms with Gasteiger partial charge in [-0.25, -0.2) is 0 Å². The molecule has 0 aromatic heterocycles. The van der Waals surface area contributed by atoms with E-state index in [1.54, 1.807) is 0 Å². The second-order valence-electron chi connectivity index (χ2n) is 6.29. The van der Waals surface area contributed by atoms with Gasteiger partial charge in [-0.1, -0.05) is 13.8 Å². The Balaban J connectivity index is 2.56. The van der Waals surface area contributed by atoms with Crippen LogP contribution in [0, 0.1) is 5.92 Å². The van der Waals surface area contributed by atoms with E-state index >= 15 is 0 Å². The van der Waals surface area contributed by atoms with Crippen molar-refractivity contribution in [1.29, 1.82) is 0 Å². The number of nitrogens with one attached hydrogen (secondary N) is 1. The van der Waals surface area contributed by atoms with E-state index in [-0.39, 0.29) is 17.5 Å². The van der Waals surface area contributed by atoms with Gasteiger partial charge < -0.3 is 9.80 Å². The highest BCUT2D eigenvalue weighted by Gasteiger charge is 2.35. The molecule has 100 valence electrons. The van der Waals surface area contributed by atoms with Gasteiger partial charge in [0.1, 0.15) is 0 Å². The van der Waals surface area contributed by atoms with Gasteiger partial charge in [-0.05, 0) is 40.3 Å². The molecule has 0 radical (unpaired) electrons. The molecule has 0 saturated carbocycles. The molecule has 0 spiro atoms. The largest absolute Gasteiger partial charge is 0.327 e. The number of amides is 1. The Morgan fingerprint density at radius 2 is 2.06 bits per heavy atom. The zero-order valence-electron chi connectivity index (χ0n) is 12.1. The summed E-state index contributed by atoms with van der Waals surface area (Å²) in [6.45, 7) is 10.1. The van der Waals surface area contributed by atoms with E-state index in [4.69, 9.17) is 0 Å². The first-order chi connectivity index (χ1) is 7.74. The lowest BCUT2D eigenvalue weighted by Gasteiger charge is -2.36. The maximum Gasteiger partial charge on any atom is 0.240 e. The molecular formula is C13H27N3O. The fourth-order valence-electron chi connectivity index (χ4n) is 2.00. The van der Waals surface area contributed by atoms with Crippen LogP contribution < -0.4 is 5.32 Å². The zero-order chi connectivity index (χ0) is 13.2. The summed E-state index contributed by atoms with van der Waals surface area (Å²) in [6, 6.07) is 0.0213. The number of carbonyl (C=O) groups excluding carboxylic acids is 1. The van der Waals surface area contributed by atoms with Crippen molar-refractivity contribution in [2.45, 2.75) is 45.7 Å². The van der Waals surface area contributed by atoms with Gasteiger partial charge in [0.15, 0.2) is 0 Å². The first-order valence-corrected chi connectivity index (χ1v) is 6.43. The minimum atomic E-state index is 0.0179. The molecule has 0 aromatic rings. The highest BCUT2D eigenvalue weighted by atomic mass is 16.2. The molecule has 4 heteroatoms. The van der Waals surface area contributed by atoms with Gasteiger partial charge in [0.25, 0.3) is 0 Å². The molecule has 1 unspecified atom stereocenters. The maximum absolute atomic E-state index is 12.2. The normalized spacial score (nSPS) is 22.0. The van der Waals surface area contributed by atoms with Crippen LogP contribution in [0.15, 0.2) is 0 Å². The van der Waals surface area contributed by atoms with Gasteiger partial charge in [-0.2, -0.15) is 0 Å². The van der Waals surface area contributed by atoms with E-state index in [0.717, 1.165) is 13.0 Å². The molecular weight excluding hydrogens is 214 g/mol. The minimum Gasteiger partial charge on any atom is -0.327 e. The monoisotopic (exact) mass is 241 g/mol. The van der Waals surface area contributed by atoms with E-state index in [0.29, 0.717) is 12.6 Å². The Kier molecular flexibility index (Phi) is 4.55. The zero-order valence-corrected chi connectivity index (χ0v) is 12.1. The topological polar surface area (TPSA) is 35.6 Å². The van der Waals surface area contributed by atoms with Gasteiger partial charge in [0.2, 0.25) is 5.91 Å². The molecule has 17 heavy (non-hydrogen) atoms. The molecule has 1 saturated heterocycles. The van der Waals surface area contributed by atoms with E-state index < -0.39 is 0 Å². The van der Waals surface area contributed by atoms with Gasteiger partial charge in [-0.15, -0.1) is 0 Å². The van der Waals surface area contributed by atoms with Crippen LogP contribution in [0.1, 0.15) is 34.1 Å². The van der Waals surface area contributed by atoms with Crippen molar-refractivity contribution in [3.8, 4) is 0 Å². The van der Waals surface area contributed by atoms with E-state index in [9.17, 15) is 4.79 Å². The molecule has 4 nitrogen and oxygen atoms in total. The second-order valence-corrected chi connectivity index (χ2v) is 6.29. The third kappa shape index (κ3) is 3.68. The van der Waals surface area contributed by atoms with Crippen LogP contribution in [-0.4, -0.2) is 54.6 Å². The van der Waals surface area contributed by atoms with Crippen LogP contribution in [0.3, 0.4) is 0 Å². The van der Waals surface area contributed by atoms with Gasteiger partial charge in [0.05, 0.1) is 12.7 Å². The molecule has 0 aromatic carbocycles. The quantitative estimate of drug-likeness (QED) is 0.784. The summed E-state index contributed by atoms with van der Waals surface area (Å²) >= 11 is 0. The molecule has 1 heterocycles. The minimum absolute atomic E-state index is 0.0179. The molecule has 1 aliphatic heterocycles. The Hall–Kier alpha value is -0.610. The van der Waals surface area contributed by atoms with Crippen LogP contribution >= 0.6 is 0 Å². The van der Waals surface area contributed by atoms with Crippen LogP contribution in [0.4, 0.5) is 0 Å². The molecule has 0 bridgehead atoms. The van der Waals surface area contributed by atoms with E-state index in [2.05, 4.69) is 52.0 Å². The summed E-state index contributed by atoms with van der Waals surface area (Å²) in [5.41, 5.74) is 0.0179. The SMILES string of the molecule is CC(C)CC1NCN(CC(C)(C)N(C)C)C1=O. The van der Waals surface area contributed by atoms with Crippen molar-refractivity contribution in [1.82, 2.24) is 15.1 Å². The Morgan fingerprint density at radius 3 is 2.53 bits per heavy atom. The van der Waals surface area contributed by atoms with Crippen molar-refractivity contribution in [2.24, 2.45) is 5.92 Å². The first kappa shape index (κ1) is 14.5. The first-order valence-electron chi connectivity index (χ1n) is 6.43. The molecule has 1 rings (SSSR count). The Labute approximate surface area is 105 Å². The fourth-order valence-corrected chi connectivity index (χ4v) is 2.00. The molecule has 1 aliphatic rings. The second kappa shape index (κ2) is 5.36. The number of hydrogen-bond donors (Lipinski definition) is 1. The van der Waals surface area contributed by atoms with Crippen molar-refractivity contribution in [3.05, 3.63) is 0 Å². The molecule has 1 amide bonds. The summed E-state index contributed by atoms with van der Waals surface area (Å²) in [4.78, 5) is 16.3. The molecule has 1 atom stereocenters. The Bertz CT molecular complexity index is 274. The summed E-state index contributed by atoms with van der Waals surface area (Å²) in [7, 11) is 4.11. The van der Waals surface area contributed by atoms with Crippen LogP contribution in [0.2, 0.25) is 0 Å². The standard InChI is InChI=1S/C13H27N3O/c1-10(2)7-11-12(17)16(9-14-11)8-13(3,4)15(5)6/h10-11,14H,7-9H2,1-6H3. The lowest BCUT2D eigenvalue weighted by Crippen LogP contribution is -2.49. The fraction of sp³-hybridized carbons (Fsp3) is 0.923. The lowest BCUT2D eigenvalue weighted by atomic mass is 10.0.